The molecule has 0 N–H and O–H groups in total. The van der Waals surface area contributed by atoms with Crippen molar-refractivity contribution in [3.05, 3.63) is 30.7 Å². The predicted molar refractivity (Wildman–Crippen MR) is 36.4 cm³/mol. The average Bonchev–Trinajstić information content (AvgIpc) is 2.67. The Balaban J connectivity index is 0.0000001000. The number of oxazole rings is 1. The first-order chi connectivity index (χ1) is 5.00. The third kappa shape index (κ3) is 2.93. The van der Waals surface area contributed by atoms with E-state index in [1.807, 2.05) is 0 Å². The highest BCUT2D eigenvalue weighted by Gasteiger charge is 1.60. The lowest BCUT2D eigenvalue weighted by molar-refractivity contribution is 0.558. The van der Waals surface area contributed by atoms with Crippen LogP contribution < -0.4 is 0 Å². The van der Waals surface area contributed by atoms with Gasteiger partial charge < -0.3 is 4.42 Å². The van der Waals surface area contributed by atoms with E-state index in [0.29, 0.717) is 0 Å². The molecule has 0 fully saturated rings. The van der Waals surface area contributed by atoms with Gasteiger partial charge in [0.1, 0.15) is 18.1 Å². The fraction of sp³-hybridized carbons (Fsp3) is 0. The molecular weight excluding hydrogens is 150 g/mol. The second-order valence-electron chi connectivity index (χ2n) is 1.26. The minimum absolute atomic E-state index is 1.35. The highest BCUT2D eigenvalue weighted by atomic mass is 32.1. The Labute approximate surface area is 61.7 Å². The zero-order valence-corrected chi connectivity index (χ0v) is 5.86. The van der Waals surface area contributed by atoms with Crippen LogP contribution in [0.15, 0.2) is 35.1 Å². The molecule has 5 heteroatoms. The molecule has 10 heavy (non-hydrogen) atoms. The van der Waals surface area contributed by atoms with Crippen molar-refractivity contribution in [3.8, 4) is 0 Å². The lowest BCUT2D eigenvalue weighted by Crippen LogP contribution is -1.43. The molecule has 0 aromatic carbocycles. The molecule has 0 saturated heterocycles. The number of aromatic nitrogens is 3. The normalized spacial score (nSPS) is 8.00. The Morgan fingerprint density at radius 1 is 1.30 bits per heavy atom. The summed E-state index contributed by atoms with van der Waals surface area (Å²) < 4.78 is 8.12. The number of hydrogen-bond donors (Lipinski definition) is 0. The Kier molecular flexibility index (Phi) is 3.19. The van der Waals surface area contributed by atoms with Crippen molar-refractivity contribution in [3.63, 3.8) is 0 Å². The third-order valence-corrected chi connectivity index (χ3v) is 1.06. The van der Waals surface area contributed by atoms with Crippen molar-refractivity contribution in [2.24, 2.45) is 0 Å². The molecule has 0 saturated carbocycles. The lowest BCUT2D eigenvalue weighted by Gasteiger charge is -1.47. The van der Waals surface area contributed by atoms with E-state index < -0.39 is 0 Å². The van der Waals surface area contributed by atoms with Crippen LogP contribution in [0.2, 0.25) is 0 Å². The van der Waals surface area contributed by atoms with Crippen molar-refractivity contribution in [2.45, 2.75) is 0 Å². The zero-order valence-electron chi connectivity index (χ0n) is 5.04. The molecular formula is C5H5N3OS. The van der Waals surface area contributed by atoms with Crippen molar-refractivity contribution < 1.29 is 4.42 Å². The molecule has 0 radical (unpaired) electrons. The van der Waals surface area contributed by atoms with Gasteiger partial charge in [0.05, 0.1) is 6.20 Å². The molecule has 0 unspecified atom stereocenters. The predicted octanol–water partition coefficient (Wildman–Crippen LogP) is 1.21. The van der Waals surface area contributed by atoms with Crippen molar-refractivity contribution in [2.75, 3.05) is 0 Å². The monoisotopic (exact) mass is 155 g/mol. The van der Waals surface area contributed by atoms with Gasteiger partial charge in [0, 0.05) is 0 Å². The minimum atomic E-state index is 1.35. The quantitative estimate of drug-likeness (QED) is 0.573. The standard InChI is InChI=1S/C3H3NO.C2H2N2S/c1-2-5-3-4-1;1-3-2-5-4-1/h1-3H;1-2H. The van der Waals surface area contributed by atoms with Gasteiger partial charge in [-0.1, -0.05) is 0 Å². The maximum atomic E-state index is 4.47. The first-order valence-corrected chi connectivity index (χ1v) is 3.35. The second kappa shape index (κ2) is 4.63. The summed E-state index contributed by atoms with van der Waals surface area (Å²) in [6.07, 6.45) is 5.99. The molecule has 2 heterocycles. The first-order valence-electron chi connectivity index (χ1n) is 2.51. The first kappa shape index (κ1) is 6.88. The van der Waals surface area contributed by atoms with Gasteiger partial charge in [-0.3, -0.25) is 0 Å². The van der Waals surface area contributed by atoms with E-state index in [1.54, 1.807) is 11.7 Å². The molecule has 2 aromatic heterocycles. The van der Waals surface area contributed by atoms with Crippen molar-refractivity contribution in [1.82, 2.24) is 14.3 Å². The molecule has 2 aromatic rings. The number of hydrogen-bond acceptors (Lipinski definition) is 5. The summed E-state index contributed by atoms with van der Waals surface area (Å²) in [5.41, 5.74) is 1.68. The maximum Gasteiger partial charge on any atom is 0.180 e. The SMILES string of the molecule is c1cocn1.c1ncsn1. The largest absolute Gasteiger partial charge is 0.452 e. The summed E-state index contributed by atoms with van der Waals surface area (Å²) in [7, 11) is 0. The zero-order chi connectivity index (χ0) is 7.07. The van der Waals surface area contributed by atoms with E-state index >= 15 is 0 Å². The number of rotatable bonds is 0. The van der Waals surface area contributed by atoms with E-state index in [1.165, 1.54) is 30.5 Å². The van der Waals surface area contributed by atoms with Gasteiger partial charge >= 0.3 is 0 Å². The fourth-order valence-electron chi connectivity index (χ4n) is 0.312. The molecule has 0 amide bonds. The van der Waals surface area contributed by atoms with Gasteiger partial charge in [0.25, 0.3) is 0 Å². The van der Waals surface area contributed by atoms with E-state index in [2.05, 4.69) is 18.8 Å². The summed E-state index contributed by atoms with van der Waals surface area (Å²) in [5.74, 6) is 0. The highest BCUT2D eigenvalue weighted by molar-refractivity contribution is 7.03. The molecule has 0 aliphatic carbocycles. The fourth-order valence-corrected chi connectivity index (χ4v) is 0.584. The molecule has 0 atom stereocenters. The van der Waals surface area contributed by atoms with Crippen LogP contribution in [-0.2, 0) is 0 Å². The number of nitrogens with zero attached hydrogens (tertiary/aromatic N) is 3. The van der Waals surface area contributed by atoms with Gasteiger partial charge in [-0.2, -0.15) is 4.37 Å². The maximum absolute atomic E-state index is 4.47. The van der Waals surface area contributed by atoms with Gasteiger partial charge in [-0.15, -0.1) is 0 Å². The van der Waals surface area contributed by atoms with Gasteiger partial charge in [0.2, 0.25) is 0 Å². The summed E-state index contributed by atoms with van der Waals surface area (Å²) in [5, 5.41) is 0. The van der Waals surface area contributed by atoms with Crippen LogP contribution >= 0.6 is 11.5 Å². The molecule has 4 nitrogen and oxygen atoms in total. The summed E-state index contributed by atoms with van der Waals surface area (Å²) >= 11 is 1.35. The molecule has 0 spiro atoms. The Bertz CT molecular complexity index is 156. The van der Waals surface area contributed by atoms with E-state index in [-0.39, 0.29) is 0 Å². The Hall–Kier alpha value is -1.23. The van der Waals surface area contributed by atoms with Gasteiger partial charge in [0.15, 0.2) is 6.39 Å². The van der Waals surface area contributed by atoms with Crippen molar-refractivity contribution >= 4 is 11.5 Å². The van der Waals surface area contributed by atoms with Crippen LogP contribution in [-0.4, -0.2) is 14.3 Å². The molecule has 0 aliphatic heterocycles. The topological polar surface area (TPSA) is 51.8 Å². The van der Waals surface area contributed by atoms with E-state index in [0.717, 1.165) is 0 Å². The molecule has 52 valence electrons. The molecule has 2 rings (SSSR count). The van der Waals surface area contributed by atoms with Crippen LogP contribution in [0.3, 0.4) is 0 Å². The van der Waals surface area contributed by atoms with Crippen LogP contribution in [0, 0.1) is 0 Å². The molecule has 0 bridgehead atoms. The minimum Gasteiger partial charge on any atom is -0.452 e. The summed E-state index contributed by atoms with van der Waals surface area (Å²) in [6.45, 7) is 0. The van der Waals surface area contributed by atoms with Crippen LogP contribution in [0.1, 0.15) is 0 Å². The Morgan fingerprint density at radius 2 is 2.30 bits per heavy atom. The summed E-state index contributed by atoms with van der Waals surface area (Å²) in [6, 6.07) is 0. The van der Waals surface area contributed by atoms with E-state index in [4.69, 9.17) is 0 Å². The third-order valence-electron chi connectivity index (χ3n) is 0.630. The van der Waals surface area contributed by atoms with Crippen LogP contribution in [0.5, 0.6) is 0 Å². The average molecular weight is 155 g/mol. The molecule has 0 aliphatic rings. The second-order valence-corrected chi connectivity index (χ2v) is 1.89. The van der Waals surface area contributed by atoms with E-state index in [9.17, 15) is 0 Å². The van der Waals surface area contributed by atoms with Crippen molar-refractivity contribution in [1.29, 1.82) is 0 Å². The Morgan fingerprint density at radius 3 is 2.50 bits per heavy atom. The lowest BCUT2D eigenvalue weighted by atomic mass is 11.0. The van der Waals surface area contributed by atoms with Crippen LogP contribution in [0.4, 0.5) is 0 Å². The van der Waals surface area contributed by atoms with Gasteiger partial charge in [-0.05, 0) is 11.5 Å². The van der Waals surface area contributed by atoms with Gasteiger partial charge in [-0.25, -0.2) is 9.97 Å². The van der Waals surface area contributed by atoms with Crippen LogP contribution in [0.25, 0.3) is 0 Å². The summed E-state index contributed by atoms with van der Waals surface area (Å²) in [4.78, 5) is 7.19. The smallest absolute Gasteiger partial charge is 0.180 e. The highest BCUT2D eigenvalue weighted by Crippen LogP contribution is 1.77.